The number of carbonyl (C=O) groups is 1. The van der Waals surface area contributed by atoms with Crippen LogP contribution in [-0.4, -0.2) is 23.8 Å². The van der Waals surface area contributed by atoms with Gasteiger partial charge in [-0.3, -0.25) is 9.36 Å². The van der Waals surface area contributed by atoms with Gasteiger partial charge in [0.25, 0.3) is 5.56 Å². The Hall–Kier alpha value is -2.07. The molecule has 0 spiro atoms. The maximum atomic E-state index is 12.5. The minimum atomic E-state index is -0.692. The van der Waals surface area contributed by atoms with Gasteiger partial charge in [-0.05, 0) is 33.1 Å². The van der Waals surface area contributed by atoms with Gasteiger partial charge in [0.1, 0.15) is 21.5 Å². The molecule has 2 rings (SSSR count). The number of hydrogen-bond acceptors (Lipinski definition) is 6. The lowest BCUT2D eigenvalue weighted by Gasteiger charge is -2.26. The molecule has 1 aromatic heterocycles. The molecule has 118 valence electrons. The fourth-order valence-electron chi connectivity index (χ4n) is 2.17. The largest absolute Gasteiger partial charge is 0.500 e. The molecular weight excluding hydrogens is 304 g/mol. The molecule has 1 heterocycles. The highest BCUT2D eigenvalue weighted by atomic mass is 32.1. The van der Waals surface area contributed by atoms with Gasteiger partial charge in [0.05, 0.1) is 13.2 Å². The normalized spacial score (nSPS) is 16.7. The summed E-state index contributed by atoms with van der Waals surface area (Å²) in [4.78, 5) is 24.5. The van der Waals surface area contributed by atoms with Crippen molar-refractivity contribution in [2.45, 2.75) is 39.2 Å². The molecule has 0 saturated heterocycles. The number of aromatic nitrogens is 1. The molecule has 1 saturated carbocycles. The molecule has 0 aliphatic heterocycles. The van der Waals surface area contributed by atoms with Gasteiger partial charge in [-0.15, -0.1) is 11.3 Å². The van der Waals surface area contributed by atoms with E-state index in [1.165, 1.54) is 6.26 Å². The Morgan fingerprint density at radius 3 is 2.68 bits per heavy atom. The van der Waals surface area contributed by atoms with E-state index in [1.807, 2.05) is 13.0 Å². The standard InChI is InChI=1S/C15H18N2O4S/c1-3-20-9-12-13(18)17(10-6-5-7-10)14(22-12)11(8-16)15(19)21-4-2/h9-10H,3-7H2,1-2H3/b12-9+,14-11-. The summed E-state index contributed by atoms with van der Waals surface area (Å²) >= 11 is 1.10. The average Bonchev–Trinajstić information content (AvgIpc) is 2.74. The molecule has 7 heteroatoms. The molecule has 1 aliphatic rings. The summed E-state index contributed by atoms with van der Waals surface area (Å²) in [5, 5.41) is 9.31. The van der Waals surface area contributed by atoms with E-state index in [0.717, 1.165) is 30.6 Å². The molecule has 1 aromatic rings. The molecule has 0 radical (unpaired) electrons. The Balaban J connectivity index is 2.70. The maximum Gasteiger partial charge on any atom is 0.351 e. The second kappa shape index (κ2) is 7.27. The van der Waals surface area contributed by atoms with Crippen LogP contribution in [0.5, 0.6) is 0 Å². The summed E-state index contributed by atoms with van der Waals surface area (Å²) in [7, 11) is 0. The molecule has 0 unspecified atom stereocenters. The zero-order chi connectivity index (χ0) is 16.1. The molecule has 22 heavy (non-hydrogen) atoms. The molecule has 0 aromatic carbocycles. The van der Waals surface area contributed by atoms with Gasteiger partial charge in [-0.2, -0.15) is 5.26 Å². The van der Waals surface area contributed by atoms with Crippen molar-refractivity contribution in [3.8, 4) is 6.07 Å². The van der Waals surface area contributed by atoms with Gasteiger partial charge in [-0.1, -0.05) is 0 Å². The summed E-state index contributed by atoms with van der Waals surface area (Å²) < 4.78 is 12.4. The molecule has 6 nitrogen and oxygen atoms in total. The monoisotopic (exact) mass is 322 g/mol. The van der Waals surface area contributed by atoms with Crippen LogP contribution in [0.3, 0.4) is 0 Å². The number of thiazole rings is 1. The van der Waals surface area contributed by atoms with Gasteiger partial charge in [0.2, 0.25) is 0 Å². The van der Waals surface area contributed by atoms with Crippen LogP contribution >= 0.6 is 11.3 Å². The Morgan fingerprint density at radius 1 is 1.45 bits per heavy atom. The third-order valence-corrected chi connectivity index (χ3v) is 4.54. The fourth-order valence-corrected chi connectivity index (χ4v) is 3.24. The van der Waals surface area contributed by atoms with Crippen LogP contribution in [0, 0.1) is 11.3 Å². The van der Waals surface area contributed by atoms with Crippen molar-refractivity contribution in [3.63, 3.8) is 0 Å². The van der Waals surface area contributed by atoms with Crippen LogP contribution in [0.4, 0.5) is 0 Å². The predicted molar refractivity (Wildman–Crippen MR) is 82.5 cm³/mol. The fraction of sp³-hybridized carbons (Fsp3) is 0.533. The third kappa shape index (κ3) is 3.07. The van der Waals surface area contributed by atoms with Gasteiger partial charge in [-0.25, -0.2) is 4.79 Å². The van der Waals surface area contributed by atoms with Gasteiger partial charge in [0.15, 0.2) is 5.57 Å². The summed E-state index contributed by atoms with van der Waals surface area (Å²) in [6, 6.07) is 1.92. The van der Waals surface area contributed by atoms with Crippen molar-refractivity contribution in [2.75, 3.05) is 13.2 Å². The van der Waals surface area contributed by atoms with Crippen LogP contribution in [0.2, 0.25) is 0 Å². The summed E-state index contributed by atoms with van der Waals surface area (Å²) in [5.41, 5.74) is -0.331. The predicted octanol–water partition coefficient (Wildman–Crippen LogP) is 0.647. The zero-order valence-electron chi connectivity index (χ0n) is 12.6. The van der Waals surface area contributed by atoms with Crippen LogP contribution in [0.25, 0.3) is 11.8 Å². The summed E-state index contributed by atoms with van der Waals surface area (Å²) in [5.74, 6) is -0.692. The third-order valence-electron chi connectivity index (χ3n) is 3.46. The van der Waals surface area contributed by atoms with Crippen LogP contribution in [0.15, 0.2) is 4.79 Å². The first-order valence-electron chi connectivity index (χ1n) is 7.28. The lowest BCUT2D eigenvalue weighted by Crippen LogP contribution is -2.38. The average molecular weight is 322 g/mol. The summed E-state index contributed by atoms with van der Waals surface area (Å²) in [6.07, 6.45) is 4.18. The van der Waals surface area contributed by atoms with E-state index in [-0.39, 0.29) is 23.8 Å². The van der Waals surface area contributed by atoms with Crippen molar-refractivity contribution >= 4 is 29.1 Å². The van der Waals surface area contributed by atoms with Crippen LogP contribution < -0.4 is 14.8 Å². The van der Waals surface area contributed by atoms with Gasteiger partial charge in [0, 0.05) is 6.04 Å². The molecule has 0 atom stereocenters. The van der Waals surface area contributed by atoms with Crippen molar-refractivity contribution < 1.29 is 14.3 Å². The number of hydrogen-bond donors (Lipinski definition) is 0. The minimum Gasteiger partial charge on any atom is -0.500 e. The smallest absolute Gasteiger partial charge is 0.351 e. The summed E-state index contributed by atoms with van der Waals surface area (Å²) in [6.45, 7) is 4.12. The first-order chi connectivity index (χ1) is 10.6. The maximum absolute atomic E-state index is 12.5. The van der Waals surface area contributed by atoms with E-state index in [4.69, 9.17) is 9.47 Å². The van der Waals surface area contributed by atoms with E-state index < -0.39 is 5.97 Å². The highest BCUT2D eigenvalue weighted by molar-refractivity contribution is 7.07. The number of nitriles is 1. The van der Waals surface area contributed by atoms with Crippen molar-refractivity contribution in [1.29, 1.82) is 5.26 Å². The van der Waals surface area contributed by atoms with Gasteiger partial charge < -0.3 is 9.47 Å². The van der Waals surface area contributed by atoms with Crippen LogP contribution in [0.1, 0.15) is 39.2 Å². The van der Waals surface area contributed by atoms with E-state index in [0.29, 0.717) is 15.8 Å². The zero-order valence-corrected chi connectivity index (χ0v) is 13.4. The van der Waals surface area contributed by atoms with Crippen LogP contribution in [-0.2, 0) is 14.3 Å². The lowest BCUT2D eigenvalue weighted by atomic mass is 9.93. The Kier molecular flexibility index (Phi) is 5.39. The van der Waals surface area contributed by atoms with E-state index in [2.05, 4.69) is 0 Å². The molecule has 0 bridgehead atoms. The van der Waals surface area contributed by atoms with Crippen molar-refractivity contribution in [2.24, 2.45) is 0 Å². The minimum absolute atomic E-state index is 0.0419. The highest BCUT2D eigenvalue weighted by Gasteiger charge is 2.25. The first-order valence-corrected chi connectivity index (χ1v) is 8.10. The second-order valence-corrected chi connectivity index (χ2v) is 5.84. The van der Waals surface area contributed by atoms with Crippen molar-refractivity contribution in [1.82, 2.24) is 4.57 Å². The number of rotatable bonds is 5. The molecule has 1 aliphatic carbocycles. The number of nitrogens with zero attached hydrogens (tertiary/aromatic N) is 2. The van der Waals surface area contributed by atoms with E-state index in [9.17, 15) is 14.9 Å². The SMILES string of the molecule is CCO/C=c1/s/c(=C(/C#N)C(=O)OCC)n(C2CCC2)c1=O. The Morgan fingerprint density at radius 2 is 2.18 bits per heavy atom. The number of esters is 1. The molecular formula is C15H18N2O4S. The topological polar surface area (TPSA) is 81.3 Å². The Labute approximate surface area is 131 Å². The number of carbonyl (C=O) groups excluding carboxylic acids is 1. The van der Waals surface area contributed by atoms with Gasteiger partial charge >= 0.3 is 5.97 Å². The van der Waals surface area contributed by atoms with E-state index >= 15 is 0 Å². The number of ether oxygens (including phenoxy) is 2. The molecule has 1 fully saturated rings. The first kappa shape index (κ1) is 16.3. The Bertz CT molecular complexity index is 765. The second-order valence-electron chi connectivity index (χ2n) is 4.81. The lowest BCUT2D eigenvalue weighted by molar-refractivity contribution is -0.136. The molecule has 0 amide bonds. The van der Waals surface area contributed by atoms with Crippen molar-refractivity contribution in [3.05, 3.63) is 19.5 Å². The van der Waals surface area contributed by atoms with E-state index in [1.54, 1.807) is 11.5 Å². The quantitative estimate of drug-likeness (QED) is 0.743. The molecule has 0 N–H and O–H groups in total. The highest BCUT2D eigenvalue weighted by Crippen LogP contribution is 2.29.